The Hall–Kier alpha value is -0.970. The van der Waals surface area contributed by atoms with Crippen LogP contribution in [0.4, 0.5) is 22.0 Å². The molecule has 0 aromatic rings. The minimum atomic E-state index is -6.40. The summed E-state index contributed by atoms with van der Waals surface area (Å²) >= 11 is 0. The summed E-state index contributed by atoms with van der Waals surface area (Å²) in [5.41, 5.74) is 0. The monoisotopic (exact) mass is 370 g/mol. The molecule has 11 heteroatoms. The fraction of sp³-hybridized carbons (Fsp3) is 0.917. The smallest absolute Gasteiger partial charge is 0.432 e. The lowest BCUT2D eigenvalue weighted by Gasteiger charge is -2.26. The Bertz CT molecular complexity index is 475. The third-order valence-electron chi connectivity index (χ3n) is 2.93. The molecule has 0 heterocycles. The van der Waals surface area contributed by atoms with E-state index in [0.29, 0.717) is 6.42 Å². The molecule has 0 bridgehead atoms. The highest BCUT2D eigenvalue weighted by atomic mass is 32.2. The molecule has 0 saturated heterocycles. The predicted molar refractivity (Wildman–Crippen MR) is 70.4 cm³/mol. The van der Waals surface area contributed by atoms with Crippen LogP contribution in [0.15, 0.2) is 0 Å². The van der Waals surface area contributed by atoms with Crippen molar-refractivity contribution in [1.29, 1.82) is 0 Å². The van der Waals surface area contributed by atoms with Gasteiger partial charge in [0.1, 0.15) is 0 Å². The Kier molecular flexibility index (Phi) is 8.39. The number of unbranched alkanes of at least 4 members (excludes halogenated alkanes) is 5. The van der Waals surface area contributed by atoms with Crippen molar-refractivity contribution in [1.82, 2.24) is 0 Å². The number of carbonyl (C=O) groups excluding carboxylic acids is 1. The zero-order valence-electron chi connectivity index (χ0n) is 12.4. The summed E-state index contributed by atoms with van der Waals surface area (Å²) < 4.78 is 96.4. The highest BCUT2D eigenvalue weighted by molar-refractivity contribution is 7.86. The zero-order chi connectivity index (χ0) is 18.3. The van der Waals surface area contributed by atoms with Gasteiger partial charge in [-0.1, -0.05) is 39.0 Å². The molecule has 23 heavy (non-hydrogen) atoms. The number of ether oxygens (including phenoxy) is 1. The van der Waals surface area contributed by atoms with Crippen LogP contribution in [0.2, 0.25) is 0 Å². The number of rotatable bonds is 10. The summed E-state index contributed by atoms with van der Waals surface area (Å²) in [6, 6.07) is 0. The average Bonchev–Trinajstić information content (AvgIpc) is 2.37. The zero-order valence-corrected chi connectivity index (χ0v) is 13.2. The van der Waals surface area contributed by atoms with E-state index in [9.17, 15) is 35.2 Å². The van der Waals surface area contributed by atoms with Crippen LogP contribution in [-0.4, -0.2) is 36.5 Å². The fourth-order valence-corrected chi connectivity index (χ4v) is 2.15. The lowest BCUT2D eigenvalue weighted by atomic mass is 10.1. The van der Waals surface area contributed by atoms with Crippen molar-refractivity contribution < 1.29 is 44.5 Å². The average molecular weight is 370 g/mol. The minimum Gasteiger partial charge on any atom is -0.445 e. The predicted octanol–water partition coefficient (Wildman–Crippen LogP) is 3.69. The van der Waals surface area contributed by atoms with Gasteiger partial charge >= 0.3 is 27.5 Å². The van der Waals surface area contributed by atoms with Crippen molar-refractivity contribution in [3.8, 4) is 0 Å². The first-order valence-electron chi connectivity index (χ1n) is 6.95. The molecule has 0 aliphatic carbocycles. The Balaban J connectivity index is 4.67. The number of hydrogen-bond donors (Lipinski definition) is 1. The van der Waals surface area contributed by atoms with Gasteiger partial charge in [-0.3, -0.25) is 9.35 Å². The van der Waals surface area contributed by atoms with Crippen molar-refractivity contribution in [2.45, 2.75) is 69.4 Å². The molecule has 0 amide bonds. The molecule has 0 rings (SSSR count). The molecule has 0 saturated carbocycles. The van der Waals surface area contributed by atoms with Crippen LogP contribution in [0.3, 0.4) is 0 Å². The minimum absolute atomic E-state index is 0.130. The van der Waals surface area contributed by atoms with Gasteiger partial charge in [0.05, 0.1) is 0 Å². The van der Waals surface area contributed by atoms with E-state index in [1.807, 2.05) is 6.92 Å². The molecule has 0 radical (unpaired) electrons. The van der Waals surface area contributed by atoms with Gasteiger partial charge in [0.2, 0.25) is 0 Å². The van der Waals surface area contributed by atoms with E-state index < -0.39 is 40.0 Å². The number of esters is 1. The van der Waals surface area contributed by atoms with Gasteiger partial charge in [0.15, 0.2) is 0 Å². The van der Waals surface area contributed by atoms with E-state index in [-0.39, 0.29) is 6.42 Å². The molecule has 1 unspecified atom stereocenters. The summed E-state index contributed by atoms with van der Waals surface area (Å²) in [7, 11) is -6.40. The van der Waals surface area contributed by atoms with E-state index in [0.717, 1.165) is 25.7 Å². The second kappa shape index (κ2) is 8.76. The van der Waals surface area contributed by atoms with Crippen LogP contribution in [0.1, 0.15) is 51.9 Å². The number of alkyl halides is 5. The maximum atomic E-state index is 13.1. The Morgan fingerprint density at radius 1 is 1.04 bits per heavy atom. The van der Waals surface area contributed by atoms with Gasteiger partial charge in [-0.25, -0.2) is 0 Å². The molecule has 1 N–H and O–H groups in total. The number of hydrogen-bond acceptors (Lipinski definition) is 4. The van der Waals surface area contributed by atoms with Gasteiger partial charge in [-0.05, 0) is 6.42 Å². The molecule has 138 valence electrons. The first-order valence-corrected chi connectivity index (χ1v) is 8.39. The molecule has 0 aliphatic heterocycles. The van der Waals surface area contributed by atoms with E-state index in [1.54, 1.807) is 0 Å². The summed E-state index contributed by atoms with van der Waals surface area (Å²) in [5.74, 6) is -1.61. The highest BCUT2D eigenvalue weighted by Crippen LogP contribution is 2.38. The second-order valence-electron chi connectivity index (χ2n) is 4.97. The Morgan fingerprint density at radius 3 is 1.96 bits per heavy atom. The Labute approximate surface area is 130 Å². The molecule has 1 atom stereocenters. The molecule has 0 fully saturated rings. The second-order valence-corrected chi connectivity index (χ2v) is 6.46. The molecule has 0 aliphatic rings. The van der Waals surface area contributed by atoms with Crippen molar-refractivity contribution >= 4 is 16.1 Å². The van der Waals surface area contributed by atoms with Crippen molar-refractivity contribution in [3.05, 3.63) is 0 Å². The van der Waals surface area contributed by atoms with Gasteiger partial charge in [0, 0.05) is 6.42 Å². The van der Waals surface area contributed by atoms with Gasteiger partial charge < -0.3 is 4.74 Å². The lowest BCUT2D eigenvalue weighted by Crippen LogP contribution is -2.52. The third kappa shape index (κ3) is 7.42. The quantitative estimate of drug-likeness (QED) is 0.275. The summed E-state index contributed by atoms with van der Waals surface area (Å²) in [6.07, 6.45) is -6.50. The first kappa shape index (κ1) is 22.0. The highest BCUT2D eigenvalue weighted by Gasteiger charge is 2.65. The topological polar surface area (TPSA) is 80.7 Å². The van der Waals surface area contributed by atoms with Crippen LogP contribution in [0.5, 0.6) is 0 Å². The van der Waals surface area contributed by atoms with E-state index in [4.69, 9.17) is 4.55 Å². The maximum absolute atomic E-state index is 13.1. The standard InChI is InChI=1S/C12H19F5O5S/c1-2-3-4-5-6-7-8-9(18)22-10(11(13,14)15)12(16,17)23(19,20)21/h10H,2-8H2,1H3,(H,19,20,21). The number of halogens is 5. The molecular weight excluding hydrogens is 351 g/mol. The van der Waals surface area contributed by atoms with Crippen LogP contribution in [0, 0.1) is 0 Å². The van der Waals surface area contributed by atoms with Crippen LogP contribution >= 0.6 is 0 Å². The van der Waals surface area contributed by atoms with E-state index in [2.05, 4.69) is 4.74 Å². The van der Waals surface area contributed by atoms with Crippen LogP contribution in [0.25, 0.3) is 0 Å². The maximum Gasteiger partial charge on any atom is 0.432 e. The van der Waals surface area contributed by atoms with Crippen molar-refractivity contribution in [3.63, 3.8) is 0 Å². The van der Waals surface area contributed by atoms with E-state index in [1.165, 1.54) is 0 Å². The lowest BCUT2D eigenvalue weighted by molar-refractivity contribution is -0.259. The first-order chi connectivity index (χ1) is 10.3. The van der Waals surface area contributed by atoms with Gasteiger partial charge in [-0.2, -0.15) is 30.4 Å². The van der Waals surface area contributed by atoms with E-state index >= 15 is 0 Å². The van der Waals surface area contributed by atoms with Gasteiger partial charge in [0.25, 0.3) is 6.10 Å². The number of carbonyl (C=O) groups is 1. The third-order valence-corrected chi connectivity index (χ3v) is 3.83. The van der Waals surface area contributed by atoms with Gasteiger partial charge in [-0.15, -0.1) is 0 Å². The molecule has 0 aromatic heterocycles. The SMILES string of the molecule is CCCCCCCCC(=O)OC(C(F)(F)F)C(F)(F)S(=O)(=O)O. The van der Waals surface area contributed by atoms with Crippen molar-refractivity contribution in [2.24, 2.45) is 0 Å². The Morgan fingerprint density at radius 2 is 1.52 bits per heavy atom. The molecule has 0 spiro atoms. The summed E-state index contributed by atoms with van der Waals surface area (Å²) in [5, 5.41) is -5.68. The normalized spacial score (nSPS) is 14.6. The van der Waals surface area contributed by atoms with Crippen molar-refractivity contribution in [2.75, 3.05) is 0 Å². The van der Waals surface area contributed by atoms with Crippen LogP contribution in [-0.2, 0) is 19.6 Å². The molecule has 5 nitrogen and oxygen atoms in total. The van der Waals surface area contributed by atoms with Crippen LogP contribution < -0.4 is 0 Å². The largest absolute Gasteiger partial charge is 0.445 e. The molecule has 0 aromatic carbocycles. The fourth-order valence-electron chi connectivity index (χ4n) is 1.70. The summed E-state index contributed by atoms with van der Waals surface area (Å²) in [4.78, 5) is 11.2. The summed E-state index contributed by atoms with van der Waals surface area (Å²) in [6.45, 7) is 1.98. The molecular formula is C12H19F5O5S.